The second-order valence-corrected chi connectivity index (χ2v) is 13.5. The summed E-state index contributed by atoms with van der Waals surface area (Å²) in [6.07, 6.45) is 37.8. The van der Waals surface area contributed by atoms with E-state index in [0.717, 1.165) is 0 Å². The maximum absolute atomic E-state index is 8.77. The fourth-order valence-electron chi connectivity index (χ4n) is 5.91. The molecule has 0 rings (SSSR count). The third-order valence-electron chi connectivity index (χ3n) is 8.44. The number of quaternary nitrogens is 1. The Hall–Kier alpha value is 0.0700. The Morgan fingerprint density at radius 1 is 0.400 bits per heavy atom. The molecule has 0 saturated carbocycles. The van der Waals surface area contributed by atoms with E-state index in [2.05, 4.69) is 27.7 Å². The second-order valence-electron chi connectivity index (χ2n) is 12.5. The molecule has 0 aliphatic carbocycles. The number of unbranched alkanes of at least 4 members (excludes halogenated alkanes) is 22. The van der Waals surface area contributed by atoms with E-state index in [1.807, 2.05) is 0 Å². The molecule has 0 bridgehead atoms. The van der Waals surface area contributed by atoms with Crippen LogP contribution in [-0.4, -0.2) is 40.4 Å². The molecule has 0 heterocycles. The molecule has 6 heteroatoms. The first kappa shape index (κ1) is 42.2. The van der Waals surface area contributed by atoms with Crippen LogP contribution < -0.4 is 4.89 Å². The highest BCUT2D eigenvalue weighted by Gasteiger charge is 2.25. The predicted molar refractivity (Wildman–Crippen MR) is 175 cm³/mol. The fraction of sp³-hybridized carbons (Fsp3) is 1.00. The molecule has 0 aromatic carbocycles. The molecule has 244 valence electrons. The van der Waals surface area contributed by atoms with Crippen molar-refractivity contribution >= 4 is 7.82 Å². The minimum absolute atomic E-state index is 1.37. The zero-order chi connectivity index (χ0) is 30.2. The summed E-state index contributed by atoms with van der Waals surface area (Å²) in [4.78, 5) is 22.9. The Labute approximate surface area is 252 Å². The third kappa shape index (κ3) is 36.1. The van der Waals surface area contributed by atoms with Crippen LogP contribution in [-0.2, 0) is 4.57 Å². The Kier molecular flexibility index (Phi) is 33.8. The van der Waals surface area contributed by atoms with Crippen molar-refractivity contribution in [1.29, 1.82) is 0 Å². The van der Waals surface area contributed by atoms with Gasteiger partial charge in [-0.25, -0.2) is 0 Å². The SMILES string of the molecule is CCCCCCCCCC[N+](CCCC)(CCCCCCCCCC)CCCCCCCCCC.O=P([O-])(O)O. The van der Waals surface area contributed by atoms with Gasteiger partial charge in [0.15, 0.2) is 0 Å². The van der Waals surface area contributed by atoms with E-state index in [-0.39, 0.29) is 0 Å². The molecule has 0 fully saturated rings. The van der Waals surface area contributed by atoms with Gasteiger partial charge in [0.25, 0.3) is 7.82 Å². The van der Waals surface area contributed by atoms with E-state index >= 15 is 0 Å². The summed E-state index contributed by atoms with van der Waals surface area (Å²) >= 11 is 0. The predicted octanol–water partition coefficient (Wildman–Crippen LogP) is 10.5. The van der Waals surface area contributed by atoms with E-state index in [9.17, 15) is 0 Å². The highest BCUT2D eigenvalue weighted by Crippen LogP contribution is 2.21. The zero-order valence-electron chi connectivity index (χ0n) is 27.8. The van der Waals surface area contributed by atoms with Gasteiger partial charge in [-0.2, -0.15) is 0 Å². The minimum Gasteiger partial charge on any atom is -0.756 e. The summed E-state index contributed by atoms with van der Waals surface area (Å²) in [5.41, 5.74) is 0. The van der Waals surface area contributed by atoms with E-state index in [4.69, 9.17) is 19.2 Å². The number of rotatable bonds is 30. The van der Waals surface area contributed by atoms with Crippen LogP contribution in [0.3, 0.4) is 0 Å². The zero-order valence-corrected chi connectivity index (χ0v) is 28.7. The Morgan fingerprint density at radius 2 is 0.575 bits per heavy atom. The van der Waals surface area contributed by atoms with Crippen molar-refractivity contribution in [2.75, 3.05) is 26.2 Å². The monoisotopic (exact) mass is 592 g/mol. The summed E-state index contributed by atoms with van der Waals surface area (Å²) in [6.45, 7) is 15.3. The van der Waals surface area contributed by atoms with Crippen LogP contribution in [0.2, 0.25) is 0 Å². The summed E-state index contributed by atoms with van der Waals surface area (Å²) in [5, 5.41) is 0. The highest BCUT2D eigenvalue weighted by atomic mass is 31.2. The van der Waals surface area contributed by atoms with Gasteiger partial charge in [0.2, 0.25) is 0 Å². The quantitative estimate of drug-likeness (QED) is 0.0494. The molecule has 0 aliphatic heterocycles. The smallest absolute Gasteiger partial charge is 0.262 e. The molecule has 40 heavy (non-hydrogen) atoms. The van der Waals surface area contributed by atoms with Crippen molar-refractivity contribution in [3.8, 4) is 0 Å². The van der Waals surface area contributed by atoms with Crippen LogP contribution in [0.5, 0.6) is 0 Å². The number of phosphoric acid groups is 1. The normalized spacial score (nSPS) is 12.0. The van der Waals surface area contributed by atoms with Gasteiger partial charge in [-0.15, -0.1) is 0 Å². The Bertz CT molecular complexity index is 468. The Morgan fingerprint density at radius 3 is 0.800 bits per heavy atom. The summed E-state index contributed by atoms with van der Waals surface area (Å²) in [7, 11) is -4.89. The van der Waals surface area contributed by atoms with Gasteiger partial charge in [0, 0.05) is 0 Å². The Balaban J connectivity index is 0. The fourth-order valence-corrected chi connectivity index (χ4v) is 5.91. The number of hydrogen-bond donors (Lipinski definition) is 2. The third-order valence-corrected chi connectivity index (χ3v) is 8.44. The van der Waals surface area contributed by atoms with Gasteiger partial charge in [-0.3, -0.25) is 4.57 Å². The maximum atomic E-state index is 8.77. The second kappa shape index (κ2) is 32.0. The van der Waals surface area contributed by atoms with Gasteiger partial charge in [-0.1, -0.05) is 150 Å². The first-order valence-electron chi connectivity index (χ1n) is 17.9. The van der Waals surface area contributed by atoms with Gasteiger partial charge in [0.05, 0.1) is 26.2 Å². The number of nitrogens with zero attached hydrogens (tertiary/aromatic N) is 1. The van der Waals surface area contributed by atoms with Crippen molar-refractivity contribution < 1.29 is 23.7 Å². The van der Waals surface area contributed by atoms with Crippen LogP contribution >= 0.6 is 7.82 Å². The summed E-state index contributed by atoms with van der Waals surface area (Å²) in [6, 6.07) is 0. The molecule has 0 saturated heterocycles. The van der Waals surface area contributed by atoms with E-state index in [1.165, 1.54) is 198 Å². The van der Waals surface area contributed by atoms with Crippen molar-refractivity contribution in [2.24, 2.45) is 0 Å². The van der Waals surface area contributed by atoms with Crippen LogP contribution in [0.4, 0.5) is 0 Å². The minimum atomic E-state index is -4.89. The van der Waals surface area contributed by atoms with Crippen LogP contribution in [0.25, 0.3) is 0 Å². The molecule has 0 radical (unpaired) electrons. The topological polar surface area (TPSA) is 80.6 Å². The highest BCUT2D eigenvalue weighted by molar-refractivity contribution is 7.43. The van der Waals surface area contributed by atoms with Gasteiger partial charge in [0.1, 0.15) is 0 Å². The molecule has 0 unspecified atom stereocenters. The molecule has 0 aromatic rings. The maximum Gasteiger partial charge on any atom is 0.262 e. The first-order chi connectivity index (χ1) is 19.2. The van der Waals surface area contributed by atoms with Gasteiger partial charge in [-0.05, 0) is 44.9 Å². The molecular weight excluding hydrogens is 517 g/mol. The standard InChI is InChI=1S/C34H72N.H3O4P/c1-5-9-13-16-19-22-25-28-32-35(31-12-8-4,33-29-26-23-20-17-14-10-6-2)34-30-27-24-21-18-15-11-7-3;1-5(2,3)4/h5-34H2,1-4H3;(H3,1,2,3,4)/q+1;/p-1. The lowest BCUT2D eigenvalue weighted by atomic mass is 10.0. The molecule has 5 nitrogen and oxygen atoms in total. The molecule has 2 N–H and O–H groups in total. The van der Waals surface area contributed by atoms with Gasteiger partial charge >= 0.3 is 0 Å². The molecule has 0 aliphatic rings. The summed E-state index contributed by atoms with van der Waals surface area (Å²) in [5.74, 6) is 0. The summed E-state index contributed by atoms with van der Waals surface area (Å²) < 4.78 is 10.2. The van der Waals surface area contributed by atoms with E-state index in [0.29, 0.717) is 0 Å². The van der Waals surface area contributed by atoms with Crippen molar-refractivity contribution in [3.63, 3.8) is 0 Å². The number of hydrogen-bond acceptors (Lipinski definition) is 2. The average Bonchev–Trinajstić information content (AvgIpc) is 2.91. The molecule has 0 spiro atoms. The largest absolute Gasteiger partial charge is 0.756 e. The van der Waals surface area contributed by atoms with Crippen LogP contribution in [0, 0.1) is 0 Å². The molecule has 0 aromatic heterocycles. The first-order valence-corrected chi connectivity index (χ1v) is 19.4. The lowest BCUT2D eigenvalue weighted by Crippen LogP contribution is -2.50. The van der Waals surface area contributed by atoms with Gasteiger partial charge < -0.3 is 19.2 Å². The van der Waals surface area contributed by atoms with Crippen molar-refractivity contribution in [2.45, 2.75) is 195 Å². The lowest BCUT2D eigenvalue weighted by Gasteiger charge is -2.39. The average molecular weight is 592 g/mol. The molecule has 0 amide bonds. The van der Waals surface area contributed by atoms with Crippen LogP contribution in [0.1, 0.15) is 195 Å². The molecular formula is C34H74NO4P. The van der Waals surface area contributed by atoms with E-state index < -0.39 is 7.82 Å². The van der Waals surface area contributed by atoms with Crippen LogP contribution in [0.15, 0.2) is 0 Å². The lowest BCUT2D eigenvalue weighted by molar-refractivity contribution is -0.929. The van der Waals surface area contributed by atoms with Crippen molar-refractivity contribution in [1.82, 2.24) is 0 Å². The molecule has 0 atom stereocenters. The van der Waals surface area contributed by atoms with E-state index in [1.54, 1.807) is 0 Å². The van der Waals surface area contributed by atoms with Crippen molar-refractivity contribution in [3.05, 3.63) is 0 Å².